The average molecular weight is 853 g/mol. The van der Waals surface area contributed by atoms with E-state index in [1.807, 2.05) is 31.0 Å². The molecule has 4 amide bonds. The van der Waals surface area contributed by atoms with Crippen molar-refractivity contribution in [3.05, 3.63) is 115 Å². The van der Waals surface area contributed by atoms with E-state index < -0.39 is 24.3 Å². The zero-order chi connectivity index (χ0) is 44.2. The summed E-state index contributed by atoms with van der Waals surface area (Å²) in [5.41, 5.74) is 6.32. The van der Waals surface area contributed by atoms with Gasteiger partial charge in [0, 0.05) is 24.2 Å². The van der Waals surface area contributed by atoms with Gasteiger partial charge in [-0.05, 0) is 77.3 Å². The van der Waals surface area contributed by atoms with Crippen LogP contribution in [0.4, 0.5) is 9.59 Å². The van der Waals surface area contributed by atoms with Gasteiger partial charge in [-0.15, -0.1) is 0 Å². The average Bonchev–Trinajstić information content (AvgIpc) is 4.16. The molecule has 4 aromatic carbocycles. The Balaban J connectivity index is 0.947. The molecule has 8 rings (SSSR count). The van der Waals surface area contributed by atoms with Crippen molar-refractivity contribution in [2.45, 2.75) is 63.7 Å². The number of amides is 4. The number of imidazole rings is 2. The number of benzene rings is 4. The number of fused-ring (bicyclic) bond motifs is 1. The summed E-state index contributed by atoms with van der Waals surface area (Å²) >= 11 is 0. The first-order chi connectivity index (χ1) is 30.6. The third-order valence-corrected chi connectivity index (χ3v) is 12.1. The Hall–Kier alpha value is -7.16. The third kappa shape index (κ3) is 8.81. The van der Waals surface area contributed by atoms with Crippen molar-refractivity contribution in [1.82, 2.24) is 40.4 Å². The molecule has 0 radical (unpaired) electrons. The topological polar surface area (TPSA) is 184 Å². The van der Waals surface area contributed by atoms with Gasteiger partial charge >= 0.3 is 12.2 Å². The first-order valence-electron chi connectivity index (χ1n) is 21.2. The van der Waals surface area contributed by atoms with Crippen molar-refractivity contribution >= 4 is 34.8 Å². The predicted octanol–water partition coefficient (Wildman–Crippen LogP) is 8.10. The van der Waals surface area contributed by atoms with Crippen molar-refractivity contribution in [1.29, 1.82) is 0 Å². The molecule has 4 atom stereocenters. The lowest BCUT2D eigenvalue weighted by molar-refractivity contribution is -0.136. The number of hydrogen-bond donors (Lipinski definition) is 4. The molecule has 2 aliphatic heterocycles. The van der Waals surface area contributed by atoms with E-state index in [0.29, 0.717) is 30.2 Å². The van der Waals surface area contributed by atoms with Crippen LogP contribution in [0.2, 0.25) is 0 Å². The summed E-state index contributed by atoms with van der Waals surface area (Å²) in [6.45, 7) is 4.91. The maximum absolute atomic E-state index is 14.1. The molecule has 15 nitrogen and oxygen atoms in total. The van der Waals surface area contributed by atoms with Gasteiger partial charge in [-0.1, -0.05) is 80.6 Å². The summed E-state index contributed by atoms with van der Waals surface area (Å²) in [5, 5.41) is 7.58. The van der Waals surface area contributed by atoms with Gasteiger partial charge in [-0.2, -0.15) is 0 Å². The Labute approximate surface area is 365 Å². The minimum atomic E-state index is -1.01. The highest BCUT2D eigenvalue weighted by molar-refractivity contribution is 5.91. The lowest BCUT2D eigenvalue weighted by atomic mass is 9.98. The van der Waals surface area contributed by atoms with Crippen LogP contribution in [-0.4, -0.2) is 94.2 Å². The van der Waals surface area contributed by atoms with Crippen LogP contribution in [0.1, 0.15) is 74.9 Å². The highest BCUT2D eigenvalue weighted by atomic mass is 16.5. The Morgan fingerprint density at radius 2 is 1.17 bits per heavy atom. The zero-order valence-electron chi connectivity index (χ0n) is 36.0. The van der Waals surface area contributed by atoms with Gasteiger partial charge in [-0.3, -0.25) is 9.59 Å². The molecule has 0 saturated carbocycles. The summed E-state index contributed by atoms with van der Waals surface area (Å²) in [7, 11) is 4.08. The second kappa shape index (κ2) is 18.4. The number of carbonyl (C=O) groups is 4. The van der Waals surface area contributed by atoms with Crippen LogP contribution in [0.25, 0.3) is 44.4 Å². The molecule has 0 bridgehead atoms. The summed E-state index contributed by atoms with van der Waals surface area (Å²) in [6.07, 6.45) is 5.40. The molecule has 0 aliphatic carbocycles. The molecule has 2 aromatic heterocycles. The Morgan fingerprint density at radius 3 is 1.78 bits per heavy atom. The number of para-hydroxylation sites is 1. The number of H-pyrrole nitrogens is 2. The van der Waals surface area contributed by atoms with Crippen LogP contribution in [0.5, 0.6) is 5.75 Å². The monoisotopic (exact) mass is 852 g/mol. The van der Waals surface area contributed by atoms with Crippen LogP contribution in [0.3, 0.4) is 0 Å². The van der Waals surface area contributed by atoms with E-state index in [2.05, 4.69) is 81.3 Å². The molecule has 326 valence electrons. The molecular formula is C48H52N8O7. The molecule has 0 spiro atoms. The number of hydrogen-bond acceptors (Lipinski definition) is 9. The number of alkyl carbamates (subject to hydrolysis) is 2. The van der Waals surface area contributed by atoms with E-state index in [0.717, 1.165) is 75.9 Å². The lowest BCUT2D eigenvalue weighted by Gasteiger charge is -2.30. The van der Waals surface area contributed by atoms with Crippen molar-refractivity contribution in [3.8, 4) is 39.4 Å². The van der Waals surface area contributed by atoms with Crippen LogP contribution in [0.15, 0.2) is 97.3 Å². The molecule has 0 unspecified atom stereocenters. The number of nitrogens with zero attached hydrogens (tertiary/aromatic N) is 4. The lowest BCUT2D eigenvalue weighted by Crippen LogP contribution is -2.51. The fraction of sp³-hybridized carbons (Fsp3) is 0.333. The normalized spacial score (nSPS) is 17.1. The molecule has 6 aromatic rings. The number of aromatic nitrogens is 4. The Bertz CT molecular complexity index is 2620. The number of nitrogens with one attached hydrogen (secondary N) is 4. The SMILES string of the molecule is COC(=O)N[C@H](C(=O)N1CCC[C@H]1c1ncc(-c2ccc3cc(-c4ccc(-c5cnc([C@@H]6CCCN6C(=O)[C@H](NC(=O)OC)c6ccccc6OC)[nH]5)cc4)ccc3c2)[nH]1)C(C)C. The summed E-state index contributed by atoms with van der Waals surface area (Å²) in [6, 6.07) is 25.9. The number of aromatic amines is 2. The molecule has 63 heavy (non-hydrogen) atoms. The molecule has 2 aliphatic rings. The van der Waals surface area contributed by atoms with Crippen molar-refractivity contribution in [2.75, 3.05) is 34.4 Å². The van der Waals surface area contributed by atoms with Gasteiger partial charge < -0.3 is 44.6 Å². The first-order valence-corrected chi connectivity index (χ1v) is 21.2. The van der Waals surface area contributed by atoms with Crippen molar-refractivity contribution in [3.63, 3.8) is 0 Å². The van der Waals surface area contributed by atoms with Gasteiger partial charge in [0.1, 0.15) is 29.5 Å². The van der Waals surface area contributed by atoms with Crippen LogP contribution in [-0.2, 0) is 19.1 Å². The highest BCUT2D eigenvalue weighted by Gasteiger charge is 2.39. The molecule has 2 fully saturated rings. The van der Waals surface area contributed by atoms with Crippen molar-refractivity contribution in [2.24, 2.45) is 5.92 Å². The predicted molar refractivity (Wildman–Crippen MR) is 237 cm³/mol. The quantitative estimate of drug-likeness (QED) is 0.0945. The fourth-order valence-corrected chi connectivity index (χ4v) is 8.77. The Kier molecular flexibility index (Phi) is 12.4. The zero-order valence-corrected chi connectivity index (χ0v) is 36.0. The second-order valence-corrected chi connectivity index (χ2v) is 16.3. The van der Waals surface area contributed by atoms with Gasteiger partial charge in [0.15, 0.2) is 0 Å². The summed E-state index contributed by atoms with van der Waals surface area (Å²) in [4.78, 5) is 72.1. The van der Waals surface area contributed by atoms with Crippen LogP contribution in [0, 0.1) is 5.92 Å². The molecule has 2 saturated heterocycles. The third-order valence-electron chi connectivity index (χ3n) is 12.1. The molecule has 4 N–H and O–H groups in total. The summed E-state index contributed by atoms with van der Waals surface area (Å²) in [5.74, 6) is 1.36. The number of rotatable bonds is 12. The number of ether oxygens (including phenoxy) is 3. The molecular weight excluding hydrogens is 801 g/mol. The van der Waals surface area contributed by atoms with Gasteiger partial charge in [-0.25, -0.2) is 19.6 Å². The number of methoxy groups -OCH3 is 3. The largest absolute Gasteiger partial charge is 0.496 e. The standard InChI is InChI=1S/C48H52N8O7/c1-28(2)41(53-47(59)62-4)45(57)55-22-8-11-38(55)44-50-27-37(52-44)34-21-20-32-24-31(18-19-33(32)25-34)29-14-16-30(17-15-29)36-26-49-43(51-36)39-12-9-23-56(39)46(58)42(54-48(60)63-5)35-10-6-7-13-40(35)61-3/h6-7,10,13-21,24-28,38-39,41-42H,8-9,11-12,22-23H2,1-5H3,(H,49,51)(H,50,52)(H,53,59)(H,54,60)/t38-,39-,41-,42+/m0/s1. The van der Waals surface area contributed by atoms with E-state index >= 15 is 0 Å². The Morgan fingerprint density at radius 1 is 0.651 bits per heavy atom. The van der Waals surface area contributed by atoms with Crippen molar-refractivity contribution < 1.29 is 33.4 Å². The van der Waals surface area contributed by atoms with E-state index in [-0.39, 0.29) is 29.8 Å². The van der Waals surface area contributed by atoms with Crippen LogP contribution >= 0.6 is 0 Å². The fourth-order valence-electron chi connectivity index (χ4n) is 8.77. The highest BCUT2D eigenvalue weighted by Crippen LogP contribution is 2.37. The molecule has 4 heterocycles. The molecule has 15 heteroatoms. The number of carbonyl (C=O) groups excluding carboxylic acids is 4. The van der Waals surface area contributed by atoms with E-state index in [9.17, 15) is 19.2 Å². The number of likely N-dealkylation sites (tertiary alicyclic amines) is 2. The summed E-state index contributed by atoms with van der Waals surface area (Å²) < 4.78 is 15.2. The second-order valence-electron chi connectivity index (χ2n) is 16.3. The van der Waals surface area contributed by atoms with Gasteiger partial charge in [0.05, 0.1) is 57.2 Å². The maximum atomic E-state index is 14.1. The van der Waals surface area contributed by atoms with Crippen LogP contribution < -0.4 is 15.4 Å². The minimum absolute atomic E-state index is 0.111. The van der Waals surface area contributed by atoms with Gasteiger partial charge in [0.25, 0.3) is 5.91 Å². The van der Waals surface area contributed by atoms with E-state index in [1.165, 1.54) is 21.3 Å². The van der Waals surface area contributed by atoms with E-state index in [4.69, 9.17) is 24.2 Å². The van der Waals surface area contributed by atoms with E-state index in [1.54, 1.807) is 29.3 Å². The van der Waals surface area contributed by atoms with Gasteiger partial charge in [0.2, 0.25) is 5.91 Å². The smallest absolute Gasteiger partial charge is 0.407 e. The first kappa shape index (κ1) is 42.5. The minimum Gasteiger partial charge on any atom is -0.496 e. The maximum Gasteiger partial charge on any atom is 0.407 e.